The van der Waals surface area contributed by atoms with E-state index in [1.54, 1.807) is 17.0 Å². The van der Waals surface area contributed by atoms with Crippen molar-refractivity contribution in [3.05, 3.63) is 77.2 Å². The van der Waals surface area contributed by atoms with E-state index >= 15 is 8.78 Å². The Morgan fingerprint density at radius 1 is 0.946 bits per heavy atom. The van der Waals surface area contributed by atoms with Gasteiger partial charge in [0.2, 0.25) is 17.7 Å². The van der Waals surface area contributed by atoms with Gasteiger partial charge in [-0.25, -0.2) is 13.8 Å². The minimum Gasteiger partial charge on any atom is -0.494 e. The molecule has 0 spiro atoms. The van der Waals surface area contributed by atoms with Gasteiger partial charge >= 0.3 is 6.18 Å². The fourth-order valence-corrected chi connectivity index (χ4v) is 7.97. The van der Waals surface area contributed by atoms with Gasteiger partial charge in [-0.2, -0.15) is 18.3 Å². The summed E-state index contributed by atoms with van der Waals surface area (Å²) in [5.74, 6) is -4.77. The molecule has 4 aliphatic rings. The average molecular weight is 781 g/mol. The summed E-state index contributed by atoms with van der Waals surface area (Å²) < 4.78 is 76.8. The van der Waals surface area contributed by atoms with Crippen LogP contribution in [0.5, 0.6) is 5.75 Å². The number of carbonyl (C=O) groups is 4. The summed E-state index contributed by atoms with van der Waals surface area (Å²) in [6.07, 6.45) is -1.15. The summed E-state index contributed by atoms with van der Waals surface area (Å²) in [4.78, 5) is 59.1. The first-order valence-corrected chi connectivity index (χ1v) is 18.3. The molecule has 0 bridgehead atoms. The van der Waals surface area contributed by atoms with Gasteiger partial charge in [0.05, 0.1) is 36.2 Å². The molecule has 4 saturated heterocycles. The highest BCUT2D eigenvalue weighted by Gasteiger charge is 2.43. The molecule has 4 aromatic rings. The zero-order valence-corrected chi connectivity index (χ0v) is 30.1. The first-order chi connectivity index (χ1) is 26.7. The summed E-state index contributed by atoms with van der Waals surface area (Å²) >= 11 is 0. The molecule has 13 nitrogen and oxygen atoms in total. The Bertz CT molecular complexity index is 2200. The lowest BCUT2D eigenvalue weighted by atomic mass is 9.89. The number of nitrogens with one attached hydrogen (secondary N) is 2. The third-order valence-electron chi connectivity index (χ3n) is 11.2. The van der Waals surface area contributed by atoms with Crippen LogP contribution in [-0.2, 0) is 20.6 Å². The third-order valence-corrected chi connectivity index (χ3v) is 11.2. The van der Waals surface area contributed by atoms with Gasteiger partial charge in [0.25, 0.3) is 5.91 Å². The van der Waals surface area contributed by atoms with Gasteiger partial charge in [-0.05, 0) is 49.6 Å². The Morgan fingerprint density at radius 2 is 1.66 bits per heavy atom. The van der Waals surface area contributed by atoms with Crippen molar-refractivity contribution in [2.45, 2.75) is 49.9 Å². The van der Waals surface area contributed by atoms with E-state index in [-0.39, 0.29) is 53.7 Å². The second-order valence-electron chi connectivity index (χ2n) is 14.7. The second-order valence-corrected chi connectivity index (χ2v) is 14.7. The van der Waals surface area contributed by atoms with Crippen LogP contribution in [0.4, 0.5) is 33.3 Å². The Morgan fingerprint density at radius 3 is 2.32 bits per heavy atom. The van der Waals surface area contributed by atoms with Gasteiger partial charge in [0, 0.05) is 80.6 Å². The van der Waals surface area contributed by atoms with E-state index < -0.39 is 47.1 Å². The lowest BCUT2D eigenvalue weighted by Gasteiger charge is -2.50. The fraction of sp³-hybridized carbons (Fsp3) is 0.421. The number of rotatable bonds is 8. The summed E-state index contributed by atoms with van der Waals surface area (Å²) in [7, 11) is 1.42. The molecule has 4 fully saturated rings. The molecule has 1 atom stereocenters. The predicted molar refractivity (Wildman–Crippen MR) is 191 cm³/mol. The number of benzene rings is 2. The van der Waals surface area contributed by atoms with Gasteiger partial charge in [-0.15, -0.1) is 0 Å². The van der Waals surface area contributed by atoms with E-state index in [4.69, 9.17) is 9.84 Å². The zero-order valence-electron chi connectivity index (χ0n) is 30.1. The number of hydrogen-bond donors (Lipinski definition) is 2. The van der Waals surface area contributed by atoms with Crippen LogP contribution < -0.4 is 20.3 Å². The first-order valence-electron chi connectivity index (χ1n) is 18.3. The number of amides is 4. The van der Waals surface area contributed by atoms with Crippen molar-refractivity contribution in [1.82, 2.24) is 29.9 Å². The molecule has 8 rings (SSSR count). The first kappa shape index (κ1) is 37.3. The Kier molecular flexibility index (Phi) is 9.62. The SMILES string of the molecule is COc1cc2nn(C3CCN(C4CN(C(=O)C5CN(c6cc(F)c(C7CCC(=O)NC7=O)c(F)c6)C5)C4)CC3)cc2cc1NC(=O)c1cccc(C(F)(F)F)n1. The molecule has 2 aromatic heterocycles. The number of imide groups is 1. The van der Waals surface area contributed by atoms with E-state index in [0.29, 0.717) is 48.5 Å². The Hall–Kier alpha value is -5.65. The molecule has 6 heterocycles. The van der Waals surface area contributed by atoms with Crippen molar-refractivity contribution in [3.63, 3.8) is 0 Å². The minimum atomic E-state index is -4.69. The number of halogens is 5. The number of alkyl halides is 3. The summed E-state index contributed by atoms with van der Waals surface area (Å²) in [5.41, 5.74) is -0.716. The van der Waals surface area contributed by atoms with Crippen molar-refractivity contribution in [1.29, 1.82) is 0 Å². The summed E-state index contributed by atoms with van der Waals surface area (Å²) in [5, 5.41) is 10.2. The molecule has 1 unspecified atom stereocenters. The van der Waals surface area contributed by atoms with E-state index in [1.165, 1.54) is 25.3 Å². The number of likely N-dealkylation sites (tertiary alicyclic amines) is 2. The molecule has 294 valence electrons. The van der Waals surface area contributed by atoms with Gasteiger partial charge in [-0.1, -0.05) is 6.07 Å². The monoisotopic (exact) mass is 780 g/mol. The molecule has 2 aromatic carbocycles. The number of nitrogens with zero attached hydrogens (tertiary/aromatic N) is 6. The van der Waals surface area contributed by atoms with Crippen LogP contribution in [0.15, 0.2) is 48.7 Å². The molecule has 4 aliphatic heterocycles. The standard InChI is InChI=1S/C38H37F5N8O5/c1-56-31-14-29-20(11-30(31)45-36(54)28-3-2-4-32(44-28)38(41,42)43)17-51(47-29)22-7-9-48(10-8-22)24-18-50(19-24)37(55)21-15-49(16-21)23-12-26(39)34(27(40)13-23)25-5-6-33(52)46-35(25)53/h2-4,11-14,17,21-22,24-25H,5-10,15-16,18-19H2,1H3,(H,45,54)(H,46,52,53). The maximum Gasteiger partial charge on any atom is 0.433 e. The minimum absolute atomic E-state index is 0.00807. The van der Waals surface area contributed by atoms with E-state index in [1.807, 2.05) is 15.8 Å². The largest absolute Gasteiger partial charge is 0.494 e. The second kappa shape index (κ2) is 14.5. The van der Waals surface area contributed by atoms with Crippen LogP contribution >= 0.6 is 0 Å². The van der Waals surface area contributed by atoms with Crippen molar-refractivity contribution in [3.8, 4) is 5.75 Å². The predicted octanol–water partition coefficient (Wildman–Crippen LogP) is 4.49. The molecular formula is C38H37F5N8O5. The van der Waals surface area contributed by atoms with Crippen molar-refractivity contribution in [2.75, 3.05) is 56.6 Å². The molecule has 0 radical (unpaired) electrons. The lowest BCUT2D eigenvalue weighted by Crippen LogP contribution is -2.65. The number of piperidine rings is 2. The highest BCUT2D eigenvalue weighted by molar-refractivity contribution is 6.05. The summed E-state index contributed by atoms with van der Waals surface area (Å²) in [6.45, 7) is 3.44. The quantitative estimate of drug-likeness (QED) is 0.196. The van der Waals surface area contributed by atoms with Crippen LogP contribution in [0, 0.1) is 17.6 Å². The number of aromatic nitrogens is 3. The van der Waals surface area contributed by atoms with Crippen LogP contribution in [0.1, 0.15) is 59.4 Å². The Labute approximate surface area is 316 Å². The molecule has 56 heavy (non-hydrogen) atoms. The van der Waals surface area contributed by atoms with Crippen LogP contribution in [0.25, 0.3) is 10.9 Å². The number of carbonyl (C=O) groups excluding carboxylic acids is 4. The molecule has 0 saturated carbocycles. The van der Waals surface area contributed by atoms with Gasteiger partial charge in [0.15, 0.2) is 0 Å². The molecule has 4 amide bonds. The molecular weight excluding hydrogens is 743 g/mol. The summed E-state index contributed by atoms with van der Waals surface area (Å²) in [6, 6.07) is 9.12. The topological polar surface area (TPSA) is 142 Å². The molecule has 0 aliphatic carbocycles. The molecule has 18 heteroatoms. The van der Waals surface area contributed by atoms with Crippen molar-refractivity contribution >= 4 is 45.9 Å². The van der Waals surface area contributed by atoms with E-state index in [2.05, 4.69) is 20.5 Å². The average Bonchev–Trinajstić information content (AvgIpc) is 3.53. The van der Waals surface area contributed by atoms with Gasteiger partial charge in [0.1, 0.15) is 28.8 Å². The van der Waals surface area contributed by atoms with E-state index in [9.17, 15) is 32.3 Å². The number of fused-ring (bicyclic) bond motifs is 1. The van der Waals surface area contributed by atoms with Crippen molar-refractivity contribution < 1.29 is 45.9 Å². The van der Waals surface area contributed by atoms with E-state index in [0.717, 1.165) is 38.1 Å². The van der Waals surface area contributed by atoms with Gasteiger partial charge < -0.3 is 19.9 Å². The van der Waals surface area contributed by atoms with Crippen LogP contribution in [-0.4, -0.2) is 101 Å². The molecule has 2 N–H and O–H groups in total. The van der Waals surface area contributed by atoms with Crippen molar-refractivity contribution in [2.24, 2.45) is 5.92 Å². The Balaban J connectivity index is 0.820. The highest BCUT2D eigenvalue weighted by atomic mass is 19.4. The number of anilines is 2. The zero-order chi connectivity index (χ0) is 39.5. The number of methoxy groups -OCH3 is 1. The fourth-order valence-electron chi connectivity index (χ4n) is 7.97. The van der Waals surface area contributed by atoms with Crippen LogP contribution in [0.2, 0.25) is 0 Å². The highest BCUT2D eigenvalue weighted by Crippen LogP contribution is 2.36. The maximum absolute atomic E-state index is 15.0. The number of pyridine rings is 1. The normalized spacial score (nSPS) is 20.1. The number of hydrogen-bond acceptors (Lipinski definition) is 9. The van der Waals surface area contributed by atoms with Crippen LogP contribution in [0.3, 0.4) is 0 Å². The smallest absolute Gasteiger partial charge is 0.433 e. The lowest BCUT2D eigenvalue weighted by molar-refractivity contribution is -0.144. The maximum atomic E-state index is 15.0. The third kappa shape index (κ3) is 7.12. The van der Waals surface area contributed by atoms with Gasteiger partial charge in [-0.3, -0.25) is 34.1 Å². The number of ether oxygens (including phenoxy) is 1.